The molecule has 0 amide bonds. The van der Waals surface area contributed by atoms with E-state index in [-0.39, 0.29) is 6.04 Å². The molecule has 2 rings (SSSR count). The Bertz CT molecular complexity index is 487. The number of aromatic nitrogens is 1. The standard InChI is InChI=1S/C13H16ClN3S/c1-17(7-12-8-18-9-16-12)13(6-15)10-3-2-4-11(14)5-10/h2-5,8-9,13H,6-7,15H2,1H3. The number of hydrogen-bond donors (Lipinski definition) is 1. The fourth-order valence-corrected chi connectivity index (χ4v) is 2.71. The molecule has 0 saturated carbocycles. The van der Waals surface area contributed by atoms with E-state index in [2.05, 4.69) is 28.4 Å². The Morgan fingerprint density at radius 2 is 2.33 bits per heavy atom. The van der Waals surface area contributed by atoms with E-state index < -0.39 is 0 Å². The van der Waals surface area contributed by atoms with Gasteiger partial charge in [0.2, 0.25) is 0 Å². The van der Waals surface area contributed by atoms with Crippen LogP contribution in [-0.4, -0.2) is 23.5 Å². The lowest BCUT2D eigenvalue weighted by molar-refractivity contribution is 0.239. The molecule has 0 bridgehead atoms. The van der Waals surface area contributed by atoms with Crippen LogP contribution in [0, 0.1) is 0 Å². The lowest BCUT2D eigenvalue weighted by Crippen LogP contribution is -2.30. The Morgan fingerprint density at radius 1 is 1.50 bits per heavy atom. The molecule has 1 unspecified atom stereocenters. The summed E-state index contributed by atoms with van der Waals surface area (Å²) in [6.07, 6.45) is 0. The average molecular weight is 282 g/mol. The third-order valence-electron chi connectivity index (χ3n) is 2.88. The normalized spacial score (nSPS) is 12.9. The molecule has 0 saturated heterocycles. The first-order chi connectivity index (χ1) is 8.70. The maximum absolute atomic E-state index is 6.02. The van der Waals surface area contributed by atoms with E-state index in [1.165, 1.54) is 0 Å². The molecule has 2 N–H and O–H groups in total. The van der Waals surface area contributed by atoms with E-state index in [4.69, 9.17) is 17.3 Å². The molecule has 5 heteroatoms. The average Bonchev–Trinajstić information content (AvgIpc) is 2.83. The van der Waals surface area contributed by atoms with Crippen LogP contribution in [0.4, 0.5) is 0 Å². The zero-order valence-corrected chi connectivity index (χ0v) is 11.8. The minimum atomic E-state index is 0.158. The Balaban J connectivity index is 2.12. The summed E-state index contributed by atoms with van der Waals surface area (Å²) in [5.74, 6) is 0. The fourth-order valence-electron chi connectivity index (χ4n) is 1.97. The number of nitrogens with zero attached hydrogens (tertiary/aromatic N) is 2. The topological polar surface area (TPSA) is 42.2 Å². The van der Waals surface area contributed by atoms with Crippen molar-refractivity contribution < 1.29 is 0 Å². The highest BCUT2D eigenvalue weighted by molar-refractivity contribution is 7.07. The molecule has 1 atom stereocenters. The zero-order chi connectivity index (χ0) is 13.0. The molecule has 1 aromatic carbocycles. The molecule has 3 nitrogen and oxygen atoms in total. The molecular formula is C13H16ClN3S. The second kappa shape index (κ2) is 6.29. The van der Waals surface area contributed by atoms with Gasteiger partial charge >= 0.3 is 0 Å². The highest BCUT2D eigenvalue weighted by atomic mass is 35.5. The molecule has 2 aromatic rings. The summed E-state index contributed by atoms with van der Waals surface area (Å²) in [5.41, 5.74) is 9.94. The van der Waals surface area contributed by atoms with Crippen LogP contribution in [0.15, 0.2) is 35.2 Å². The predicted octanol–water partition coefficient (Wildman–Crippen LogP) is 2.93. The molecule has 1 heterocycles. The summed E-state index contributed by atoms with van der Waals surface area (Å²) in [4.78, 5) is 6.49. The number of benzene rings is 1. The number of halogens is 1. The van der Waals surface area contributed by atoms with Crippen molar-refractivity contribution in [2.24, 2.45) is 5.73 Å². The number of likely N-dealkylation sites (N-methyl/N-ethyl adjacent to an activating group) is 1. The van der Waals surface area contributed by atoms with Crippen molar-refractivity contribution in [2.75, 3.05) is 13.6 Å². The van der Waals surface area contributed by atoms with Gasteiger partial charge in [-0.25, -0.2) is 4.98 Å². The molecule has 0 spiro atoms. The van der Waals surface area contributed by atoms with Crippen LogP contribution < -0.4 is 5.73 Å². The second-order valence-corrected chi connectivity index (χ2v) is 5.36. The molecule has 0 aliphatic carbocycles. The second-order valence-electron chi connectivity index (χ2n) is 4.20. The summed E-state index contributed by atoms with van der Waals surface area (Å²) in [5, 5.41) is 2.80. The Hall–Kier alpha value is -0.940. The number of rotatable bonds is 5. The first-order valence-corrected chi connectivity index (χ1v) is 7.05. The van der Waals surface area contributed by atoms with Gasteiger partial charge in [0.1, 0.15) is 0 Å². The highest BCUT2D eigenvalue weighted by Gasteiger charge is 2.16. The van der Waals surface area contributed by atoms with Gasteiger partial charge < -0.3 is 5.73 Å². The van der Waals surface area contributed by atoms with Crippen molar-refractivity contribution in [1.29, 1.82) is 0 Å². The van der Waals surface area contributed by atoms with Gasteiger partial charge in [0.05, 0.1) is 11.2 Å². The van der Waals surface area contributed by atoms with Crippen LogP contribution in [0.25, 0.3) is 0 Å². The van der Waals surface area contributed by atoms with Gasteiger partial charge in [0.15, 0.2) is 0 Å². The van der Waals surface area contributed by atoms with Crippen LogP contribution in [0.1, 0.15) is 17.3 Å². The quantitative estimate of drug-likeness (QED) is 0.916. The molecule has 0 aliphatic heterocycles. The minimum Gasteiger partial charge on any atom is -0.329 e. The minimum absolute atomic E-state index is 0.158. The summed E-state index contributed by atoms with van der Waals surface area (Å²) < 4.78 is 0. The smallest absolute Gasteiger partial charge is 0.0795 e. The molecule has 1 aromatic heterocycles. The van der Waals surface area contributed by atoms with Crippen molar-refractivity contribution in [2.45, 2.75) is 12.6 Å². The number of nitrogens with two attached hydrogens (primary N) is 1. The van der Waals surface area contributed by atoms with E-state index in [1.54, 1.807) is 11.3 Å². The van der Waals surface area contributed by atoms with Crippen LogP contribution in [0.5, 0.6) is 0 Å². The third kappa shape index (κ3) is 3.29. The molecule has 96 valence electrons. The lowest BCUT2D eigenvalue weighted by Gasteiger charge is -2.26. The summed E-state index contributed by atoms with van der Waals surface area (Å²) in [7, 11) is 2.05. The molecule has 18 heavy (non-hydrogen) atoms. The molecular weight excluding hydrogens is 266 g/mol. The van der Waals surface area contributed by atoms with Gasteiger partial charge in [-0.2, -0.15) is 0 Å². The Labute approximate surface area is 116 Å². The van der Waals surface area contributed by atoms with Gasteiger partial charge in [0.25, 0.3) is 0 Å². The van der Waals surface area contributed by atoms with Crippen LogP contribution in [0.2, 0.25) is 5.02 Å². The SMILES string of the molecule is CN(Cc1cscn1)C(CN)c1cccc(Cl)c1. The van der Waals surface area contributed by atoms with Crippen molar-refractivity contribution in [3.8, 4) is 0 Å². The molecule has 0 aliphatic rings. The van der Waals surface area contributed by atoms with Gasteiger partial charge in [0, 0.05) is 29.5 Å². The largest absolute Gasteiger partial charge is 0.329 e. The predicted molar refractivity (Wildman–Crippen MR) is 76.8 cm³/mol. The molecule has 0 radical (unpaired) electrons. The van der Waals surface area contributed by atoms with Crippen LogP contribution in [-0.2, 0) is 6.54 Å². The van der Waals surface area contributed by atoms with Gasteiger partial charge in [-0.15, -0.1) is 11.3 Å². The summed E-state index contributed by atoms with van der Waals surface area (Å²) >= 11 is 7.63. The van der Waals surface area contributed by atoms with Gasteiger partial charge in [-0.05, 0) is 24.7 Å². The number of hydrogen-bond acceptors (Lipinski definition) is 4. The fraction of sp³-hybridized carbons (Fsp3) is 0.308. The van der Waals surface area contributed by atoms with Crippen molar-refractivity contribution in [1.82, 2.24) is 9.88 Å². The zero-order valence-electron chi connectivity index (χ0n) is 10.2. The van der Waals surface area contributed by atoms with Crippen LogP contribution >= 0.6 is 22.9 Å². The monoisotopic (exact) mass is 281 g/mol. The third-order valence-corrected chi connectivity index (χ3v) is 3.75. The number of thiazole rings is 1. The lowest BCUT2D eigenvalue weighted by atomic mass is 10.1. The highest BCUT2D eigenvalue weighted by Crippen LogP contribution is 2.22. The first kappa shape index (κ1) is 13.5. The van der Waals surface area contributed by atoms with Crippen LogP contribution in [0.3, 0.4) is 0 Å². The van der Waals surface area contributed by atoms with Gasteiger partial charge in [-0.3, -0.25) is 4.90 Å². The maximum atomic E-state index is 6.02. The first-order valence-electron chi connectivity index (χ1n) is 5.73. The maximum Gasteiger partial charge on any atom is 0.0795 e. The molecule has 0 fully saturated rings. The Morgan fingerprint density at radius 3 is 2.94 bits per heavy atom. The van der Waals surface area contributed by atoms with E-state index in [0.717, 1.165) is 22.8 Å². The van der Waals surface area contributed by atoms with Gasteiger partial charge in [-0.1, -0.05) is 23.7 Å². The van der Waals surface area contributed by atoms with Crippen molar-refractivity contribution in [3.63, 3.8) is 0 Å². The Kier molecular flexibility index (Phi) is 4.72. The van der Waals surface area contributed by atoms with E-state index in [0.29, 0.717) is 6.54 Å². The van der Waals surface area contributed by atoms with E-state index >= 15 is 0 Å². The van der Waals surface area contributed by atoms with E-state index in [9.17, 15) is 0 Å². The van der Waals surface area contributed by atoms with Crippen molar-refractivity contribution in [3.05, 3.63) is 51.4 Å². The summed E-state index contributed by atoms with van der Waals surface area (Å²) in [6.45, 7) is 1.35. The summed E-state index contributed by atoms with van der Waals surface area (Å²) in [6, 6.07) is 8.01. The van der Waals surface area contributed by atoms with E-state index in [1.807, 2.05) is 23.7 Å². The van der Waals surface area contributed by atoms with Crippen molar-refractivity contribution >= 4 is 22.9 Å².